The van der Waals surface area contributed by atoms with Crippen LogP contribution in [0.3, 0.4) is 0 Å². The second kappa shape index (κ2) is 7.29. The molecule has 2 nitrogen and oxygen atoms in total. The standard InChI is InChI=1S/C17H19F2NO/c1-20(11-10-13-6-3-2-4-7-13)12-16(21)14-8-5-9-15(18)17(14)19/h2-9,16,21H,10-12H2,1H3. The van der Waals surface area contributed by atoms with E-state index < -0.39 is 17.7 Å². The van der Waals surface area contributed by atoms with E-state index in [9.17, 15) is 13.9 Å². The number of hydrogen-bond acceptors (Lipinski definition) is 2. The maximum Gasteiger partial charge on any atom is 0.164 e. The van der Waals surface area contributed by atoms with Crippen LogP contribution in [0.25, 0.3) is 0 Å². The van der Waals surface area contributed by atoms with Crippen molar-refractivity contribution in [2.45, 2.75) is 12.5 Å². The van der Waals surface area contributed by atoms with E-state index in [1.165, 1.54) is 17.7 Å². The fourth-order valence-corrected chi connectivity index (χ4v) is 2.23. The molecule has 0 saturated carbocycles. The number of aliphatic hydroxyl groups is 1. The van der Waals surface area contributed by atoms with Gasteiger partial charge in [-0.15, -0.1) is 0 Å². The first-order chi connectivity index (χ1) is 10.1. The third-order valence-electron chi connectivity index (χ3n) is 3.45. The van der Waals surface area contributed by atoms with Crippen LogP contribution in [0.1, 0.15) is 17.2 Å². The predicted molar refractivity (Wildman–Crippen MR) is 79.0 cm³/mol. The number of hydrogen-bond donors (Lipinski definition) is 1. The van der Waals surface area contributed by atoms with E-state index in [0.29, 0.717) is 0 Å². The van der Waals surface area contributed by atoms with Crippen LogP contribution in [0.5, 0.6) is 0 Å². The van der Waals surface area contributed by atoms with Gasteiger partial charge in [0, 0.05) is 18.7 Å². The largest absolute Gasteiger partial charge is 0.387 e. The quantitative estimate of drug-likeness (QED) is 0.883. The van der Waals surface area contributed by atoms with Crippen LogP contribution in [-0.4, -0.2) is 30.1 Å². The zero-order valence-corrected chi connectivity index (χ0v) is 12.0. The molecule has 0 heterocycles. The minimum atomic E-state index is -1.04. The Kier molecular flexibility index (Phi) is 5.42. The van der Waals surface area contributed by atoms with Crippen LogP contribution in [-0.2, 0) is 6.42 Å². The summed E-state index contributed by atoms with van der Waals surface area (Å²) in [4.78, 5) is 1.90. The lowest BCUT2D eigenvalue weighted by Gasteiger charge is -2.21. The highest BCUT2D eigenvalue weighted by Crippen LogP contribution is 2.20. The van der Waals surface area contributed by atoms with E-state index >= 15 is 0 Å². The minimum Gasteiger partial charge on any atom is -0.387 e. The molecule has 4 heteroatoms. The smallest absolute Gasteiger partial charge is 0.164 e. The molecule has 0 aliphatic heterocycles. The highest BCUT2D eigenvalue weighted by atomic mass is 19.2. The van der Waals surface area contributed by atoms with Gasteiger partial charge >= 0.3 is 0 Å². The fraction of sp³-hybridized carbons (Fsp3) is 0.294. The number of nitrogens with zero attached hydrogens (tertiary/aromatic N) is 1. The molecule has 112 valence electrons. The summed E-state index contributed by atoms with van der Waals surface area (Å²) in [5.41, 5.74) is 1.21. The van der Waals surface area contributed by atoms with Gasteiger partial charge in [-0.1, -0.05) is 42.5 Å². The van der Waals surface area contributed by atoms with Crippen LogP contribution >= 0.6 is 0 Å². The predicted octanol–water partition coefficient (Wildman–Crippen LogP) is 3.17. The van der Waals surface area contributed by atoms with Crippen molar-refractivity contribution in [1.82, 2.24) is 4.90 Å². The lowest BCUT2D eigenvalue weighted by atomic mass is 10.1. The molecule has 0 aliphatic rings. The van der Waals surface area contributed by atoms with E-state index in [2.05, 4.69) is 0 Å². The summed E-state index contributed by atoms with van der Waals surface area (Å²) in [6.45, 7) is 0.991. The average molecular weight is 291 g/mol. The third-order valence-corrected chi connectivity index (χ3v) is 3.45. The summed E-state index contributed by atoms with van der Waals surface area (Å²) in [6, 6.07) is 13.9. The van der Waals surface area contributed by atoms with Crippen molar-refractivity contribution < 1.29 is 13.9 Å². The number of benzene rings is 2. The minimum absolute atomic E-state index is 0.00145. The molecule has 1 unspecified atom stereocenters. The Hall–Kier alpha value is -1.78. The zero-order valence-electron chi connectivity index (χ0n) is 12.0. The topological polar surface area (TPSA) is 23.5 Å². The zero-order chi connectivity index (χ0) is 15.2. The van der Waals surface area contributed by atoms with E-state index in [1.54, 1.807) is 0 Å². The highest BCUT2D eigenvalue weighted by molar-refractivity contribution is 5.21. The first kappa shape index (κ1) is 15.6. The first-order valence-corrected chi connectivity index (χ1v) is 6.92. The van der Waals surface area contributed by atoms with Gasteiger partial charge in [0.05, 0.1) is 6.10 Å². The van der Waals surface area contributed by atoms with Gasteiger partial charge in [0.1, 0.15) is 0 Å². The van der Waals surface area contributed by atoms with Crippen LogP contribution in [0.15, 0.2) is 48.5 Å². The lowest BCUT2D eigenvalue weighted by Crippen LogP contribution is -2.27. The van der Waals surface area contributed by atoms with Gasteiger partial charge in [0.15, 0.2) is 11.6 Å². The molecule has 0 aliphatic carbocycles. The summed E-state index contributed by atoms with van der Waals surface area (Å²) < 4.78 is 26.7. The summed E-state index contributed by atoms with van der Waals surface area (Å²) in [5.74, 6) is -1.90. The fourth-order valence-electron chi connectivity index (χ4n) is 2.23. The maximum absolute atomic E-state index is 13.6. The molecule has 0 radical (unpaired) electrons. The van der Waals surface area contributed by atoms with E-state index in [0.717, 1.165) is 19.0 Å². The normalized spacial score (nSPS) is 12.6. The Balaban J connectivity index is 1.90. The summed E-state index contributed by atoms with van der Waals surface area (Å²) >= 11 is 0. The monoisotopic (exact) mass is 291 g/mol. The van der Waals surface area contributed by atoms with Gasteiger partial charge in [-0.25, -0.2) is 8.78 Å². The van der Waals surface area contributed by atoms with Crippen molar-refractivity contribution in [2.24, 2.45) is 0 Å². The van der Waals surface area contributed by atoms with Crippen LogP contribution in [0, 0.1) is 11.6 Å². The molecule has 2 aromatic rings. The van der Waals surface area contributed by atoms with E-state index in [-0.39, 0.29) is 12.1 Å². The third kappa shape index (κ3) is 4.34. The molecule has 1 N–H and O–H groups in total. The molecular formula is C17H19F2NO. The van der Waals surface area contributed by atoms with E-state index in [1.807, 2.05) is 42.3 Å². The maximum atomic E-state index is 13.6. The van der Waals surface area contributed by atoms with Crippen molar-refractivity contribution in [3.63, 3.8) is 0 Å². The molecule has 2 aromatic carbocycles. The van der Waals surface area contributed by atoms with Gasteiger partial charge in [-0.3, -0.25) is 0 Å². The Labute approximate surface area is 123 Å². The van der Waals surface area contributed by atoms with Crippen molar-refractivity contribution >= 4 is 0 Å². The first-order valence-electron chi connectivity index (χ1n) is 6.92. The summed E-state index contributed by atoms with van der Waals surface area (Å²) in [5, 5.41) is 10.0. The Morgan fingerprint density at radius 1 is 1.05 bits per heavy atom. The van der Waals surface area contributed by atoms with Crippen LogP contribution < -0.4 is 0 Å². The molecule has 21 heavy (non-hydrogen) atoms. The summed E-state index contributed by atoms with van der Waals surface area (Å²) in [6.07, 6.45) is -0.197. The Morgan fingerprint density at radius 2 is 1.76 bits per heavy atom. The second-order valence-electron chi connectivity index (χ2n) is 5.16. The summed E-state index contributed by atoms with van der Waals surface area (Å²) in [7, 11) is 1.85. The van der Waals surface area contributed by atoms with Gasteiger partial charge in [0.25, 0.3) is 0 Å². The van der Waals surface area contributed by atoms with Crippen molar-refractivity contribution in [3.8, 4) is 0 Å². The van der Waals surface area contributed by atoms with Crippen molar-refractivity contribution in [3.05, 3.63) is 71.3 Å². The molecule has 0 aromatic heterocycles. The number of aliphatic hydroxyl groups excluding tert-OH is 1. The van der Waals surface area contributed by atoms with Crippen LogP contribution in [0.4, 0.5) is 8.78 Å². The number of likely N-dealkylation sites (N-methyl/N-ethyl adjacent to an activating group) is 1. The van der Waals surface area contributed by atoms with Crippen molar-refractivity contribution in [1.29, 1.82) is 0 Å². The lowest BCUT2D eigenvalue weighted by molar-refractivity contribution is 0.123. The molecule has 1 atom stereocenters. The molecule has 0 spiro atoms. The molecule has 0 fully saturated rings. The molecule has 2 rings (SSSR count). The Morgan fingerprint density at radius 3 is 2.48 bits per heavy atom. The SMILES string of the molecule is CN(CCc1ccccc1)CC(O)c1cccc(F)c1F. The van der Waals surface area contributed by atoms with Gasteiger partial charge in [-0.2, -0.15) is 0 Å². The van der Waals surface area contributed by atoms with Crippen LogP contribution in [0.2, 0.25) is 0 Å². The molecule has 0 bridgehead atoms. The molecule has 0 amide bonds. The number of rotatable bonds is 6. The van der Waals surface area contributed by atoms with Gasteiger partial charge in [0.2, 0.25) is 0 Å². The van der Waals surface area contributed by atoms with Crippen molar-refractivity contribution in [2.75, 3.05) is 20.1 Å². The Bertz CT molecular complexity index is 574. The van der Waals surface area contributed by atoms with Gasteiger partial charge in [-0.05, 0) is 25.1 Å². The van der Waals surface area contributed by atoms with E-state index in [4.69, 9.17) is 0 Å². The molecule has 0 saturated heterocycles. The highest BCUT2D eigenvalue weighted by Gasteiger charge is 2.17. The average Bonchev–Trinajstić information content (AvgIpc) is 2.49. The molecular weight excluding hydrogens is 272 g/mol. The second-order valence-corrected chi connectivity index (χ2v) is 5.16. The van der Waals surface area contributed by atoms with Gasteiger partial charge < -0.3 is 10.0 Å². The number of halogens is 2.